The van der Waals surface area contributed by atoms with Crippen molar-refractivity contribution in [3.8, 4) is 0 Å². The summed E-state index contributed by atoms with van der Waals surface area (Å²) in [4.78, 5) is 23.4. The Morgan fingerprint density at radius 3 is 1.50 bits per heavy atom. The van der Waals surface area contributed by atoms with Gasteiger partial charge in [-0.3, -0.25) is 9.59 Å². The van der Waals surface area contributed by atoms with E-state index in [-0.39, 0.29) is 11.8 Å². The van der Waals surface area contributed by atoms with Crippen molar-refractivity contribution in [1.82, 2.24) is 0 Å². The molecule has 0 aromatic heterocycles. The van der Waals surface area contributed by atoms with Crippen molar-refractivity contribution in [2.45, 2.75) is 51.4 Å². The molecule has 20 heavy (non-hydrogen) atoms. The molecule has 0 aromatic rings. The van der Waals surface area contributed by atoms with E-state index in [2.05, 4.69) is 0 Å². The third-order valence-electron chi connectivity index (χ3n) is 5.55. The van der Waals surface area contributed by atoms with Crippen LogP contribution in [0, 0.1) is 23.7 Å². The number of allylic oxidation sites excluding steroid dienone is 2. The van der Waals surface area contributed by atoms with Crippen LogP contribution in [0.4, 0.5) is 0 Å². The van der Waals surface area contributed by atoms with Crippen molar-refractivity contribution < 1.29 is 19.8 Å². The third kappa shape index (κ3) is 2.05. The van der Waals surface area contributed by atoms with Gasteiger partial charge in [0, 0.05) is 0 Å². The smallest absolute Gasteiger partial charge is 0.308 e. The Hall–Kier alpha value is -1.32. The number of hydrogen-bond acceptors (Lipinski definition) is 2. The quantitative estimate of drug-likeness (QED) is 0.761. The van der Waals surface area contributed by atoms with Gasteiger partial charge in [-0.2, -0.15) is 0 Å². The normalized spacial score (nSPS) is 37.0. The molecule has 0 bridgehead atoms. The van der Waals surface area contributed by atoms with E-state index >= 15 is 0 Å². The minimum absolute atomic E-state index is 0.0216. The molecule has 4 heteroatoms. The first-order valence-electron chi connectivity index (χ1n) is 7.78. The molecule has 0 amide bonds. The van der Waals surface area contributed by atoms with Crippen LogP contribution in [0.1, 0.15) is 51.4 Å². The number of fused-ring (bicyclic) bond motifs is 2. The Morgan fingerprint density at radius 2 is 1.15 bits per heavy atom. The second kappa shape index (κ2) is 5.23. The molecule has 0 radical (unpaired) electrons. The number of carbonyl (C=O) groups is 2. The Bertz CT molecular complexity index is 423. The highest BCUT2D eigenvalue weighted by molar-refractivity contribution is 5.82. The first-order valence-corrected chi connectivity index (χ1v) is 7.78. The molecule has 3 rings (SSSR count). The van der Waals surface area contributed by atoms with Crippen molar-refractivity contribution in [3.63, 3.8) is 0 Å². The molecule has 110 valence electrons. The minimum Gasteiger partial charge on any atom is -0.481 e. The number of carboxylic acid groups (broad SMARTS) is 2. The molecular formula is C16H22O4. The fourth-order valence-electron chi connectivity index (χ4n) is 4.82. The molecule has 2 N–H and O–H groups in total. The summed E-state index contributed by atoms with van der Waals surface area (Å²) in [6.07, 6.45) is 8.01. The van der Waals surface area contributed by atoms with Gasteiger partial charge in [0.05, 0.1) is 11.8 Å². The summed E-state index contributed by atoms with van der Waals surface area (Å²) in [6, 6.07) is 0. The first kappa shape index (κ1) is 13.7. The molecule has 0 saturated heterocycles. The molecule has 3 aliphatic carbocycles. The van der Waals surface area contributed by atoms with Crippen LogP contribution in [0.25, 0.3) is 0 Å². The highest BCUT2D eigenvalue weighted by Crippen LogP contribution is 2.52. The standard InChI is InChI=1S/C16H22O4/c17-15(18)13-11-7-3-1-5-9(11)10-6-2-4-8-12(10)14(13)16(19)20/h11-14H,1-8H2,(H,17,18)(H,19,20)/t11-,12-,13-,14+/m0/s1. The summed E-state index contributed by atoms with van der Waals surface area (Å²) in [5, 5.41) is 19.2. The largest absolute Gasteiger partial charge is 0.481 e. The summed E-state index contributed by atoms with van der Waals surface area (Å²) in [5.74, 6) is -3.29. The van der Waals surface area contributed by atoms with Crippen LogP contribution in [0.5, 0.6) is 0 Å². The zero-order valence-corrected chi connectivity index (χ0v) is 11.7. The van der Waals surface area contributed by atoms with Gasteiger partial charge >= 0.3 is 11.9 Å². The number of hydrogen-bond donors (Lipinski definition) is 2. The summed E-state index contributed by atoms with van der Waals surface area (Å²) in [5.41, 5.74) is 2.65. The lowest BCUT2D eigenvalue weighted by atomic mass is 9.57. The fraction of sp³-hybridized carbons (Fsp3) is 0.750. The summed E-state index contributed by atoms with van der Waals surface area (Å²) >= 11 is 0. The minimum atomic E-state index is -0.911. The lowest BCUT2D eigenvalue weighted by Crippen LogP contribution is -2.46. The van der Waals surface area contributed by atoms with E-state index in [0.29, 0.717) is 0 Å². The van der Waals surface area contributed by atoms with Crippen molar-refractivity contribution >= 4 is 11.9 Å². The van der Waals surface area contributed by atoms with Gasteiger partial charge in [-0.1, -0.05) is 24.0 Å². The van der Waals surface area contributed by atoms with E-state index in [1.807, 2.05) is 0 Å². The zero-order chi connectivity index (χ0) is 14.3. The lowest BCUT2D eigenvalue weighted by molar-refractivity contribution is -0.159. The van der Waals surface area contributed by atoms with Gasteiger partial charge < -0.3 is 10.2 Å². The molecule has 0 heterocycles. The van der Waals surface area contributed by atoms with E-state index in [4.69, 9.17) is 0 Å². The van der Waals surface area contributed by atoms with E-state index in [1.165, 1.54) is 11.1 Å². The van der Waals surface area contributed by atoms with Gasteiger partial charge in [-0.25, -0.2) is 0 Å². The third-order valence-corrected chi connectivity index (χ3v) is 5.55. The van der Waals surface area contributed by atoms with Crippen LogP contribution in [0.15, 0.2) is 11.1 Å². The molecule has 2 saturated carbocycles. The lowest BCUT2D eigenvalue weighted by Gasteiger charge is -2.46. The van der Waals surface area contributed by atoms with Crippen LogP contribution in [0.2, 0.25) is 0 Å². The van der Waals surface area contributed by atoms with Crippen LogP contribution < -0.4 is 0 Å². The Balaban J connectivity index is 2.09. The second-order valence-corrected chi connectivity index (χ2v) is 6.48. The van der Waals surface area contributed by atoms with Crippen LogP contribution in [-0.4, -0.2) is 22.2 Å². The highest BCUT2D eigenvalue weighted by Gasteiger charge is 2.51. The molecule has 0 unspecified atom stereocenters. The monoisotopic (exact) mass is 278 g/mol. The van der Waals surface area contributed by atoms with Gasteiger partial charge in [-0.05, 0) is 50.4 Å². The molecular weight excluding hydrogens is 256 g/mol. The number of carboxylic acids is 2. The number of aliphatic carboxylic acids is 2. The Labute approximate surface area is 118 Å². The summed E-state index contributed by atoms with van der Waals surface area (Å²) < 4.78 is 0. The topological polar surface area (TPSA) is 74.6 Å². The number of rotatable bonds is 2. The van der Waals surface area contributed by atoms with Gasteiger partial charge in [0.25, 0.3) is 0 Å². The van der Waals surface area contributed by atoms with Crippen molar-refractivity contribution in [2.75, 3.05) is 0 Å². The summed E-state index contributed by atoms with van der Waals surface area (Å²) in [7, 11) is 0. The zero-order valence-electron chi connectivity index (χ0n) is 11.7. The van der Waals surface area contributed by atoms with Gasteiger partial charge in [0.2, 0.25) is 0 Å². The molecule has 0 aliphatic heterocycles. The molecule has 2 fully saturated rings. The van der Waals surface area contributed by atoms with Crippen LogP contribution >= 0.6 is 0 Å². The Morgan fingerprint density at radius 1 is 0.750 bits per heavy atom. The maximum absolute atomic E-state index is 11.7. The van der Waals surface area contributed by atoms with E-state index in [0.717, 1.165) is 51.4 Å². The van der Waals surface area contributed by atoms with Gasteiger partial charge in [-0.15, -0.1) is 0 Å². The van der Waals surface area contributed by atoms with Crippen LogP contribution in [-0.2, 0) is 9.59 Å². The van der Waals surface area contributed by atoms with E-state index in [9.17, 15) is 19.8 Å². The van der Waals surface area contributed by atoms with Crippen molar-refractivity contribution in [3.05, 3.63) is 11.1 Å². The fourth-order valence-corrected chi connectivity index (χ4v) is 4.82. The van der Waals surface area contributed by atoms with Crippen molar-refractivity contribution in [1.29, 1.82) is 0 Å². The predicted molar refractivity (Wildman–Crippen MR) is 73.2 cm³/mol. The van der Waals surface area contributed by atoms with Crippen LogP contribution in [0.3, 0.4) is 0 Å². The van der Waals surface area contributed by atoms with Gasteiger partial charge in [0.15, 0.2) is 0 Å². The predicted octanol–water partition coefficient (Wildman–Crippen LogP) is 3.08. The van der Waals surface area contributed by atoms with E-state index < -0.39 is 23.8 Å². The average Bonchev–Trinajstić information content (AvgIpc) is 2.45. The van der Waals surface area contributed by atoms with Crippen molar-refractivity contribution in [2.24, 2.45) is 23.7 Å². The molecule has 4 atom stereocenters. The molecule has 4 nitrogen and oxygen atoms in total. The molecule has 0 aromatic carbocycles. The average molecular weight is 278 g/mol. The molecule has 3 aliphatic rings. The SMILES string of the molecule is O=C(O)[C@@H]1[C@H](C(=O)O)[C@H]2CCCCC2=C2CCCC[C@@H]21. The highest BCUT2D eigenvalue weighted by atomic mass is 16.4. The van der Waals surface area contributed by atoms with Gasteiger partial charge in [0.1, 0.15) is 0 Å². The first-order chi connectivity index (χ1) is 9.61. The Kier molecular flexibility index (Phi) is 3.57. The summed E-state index contributed by atoms with van der Waals surface area (Å²) in [6.45, 7) is 0. The molecule has 0 spiro atoms. The maximum Gasteiger partial charge on any atom is 0.308 e. The second-order valence-electron chi connectivity index (χ2n) is 6.48. The van der Waals surface area contributed by atoms with E-state index in [1.54, 1.807) is 0 Å². The maximum atomic E-state index is 11.7.